The first kappa shape index (κ1) is 13.2. The fourth-order valence-corrected chi connectivity index (χ4v) is 1.85. The number of hydrazine groups is 1. The van der Waals surface area contributed by atoms with E-state index in [0.717, 1.165) is 17.2 Å². The highest BCUT2D eigenvalue weighted by molar-refractivity contribution is 5.61. The third kappa shape index (κ3) is 2.97. The second-order valence-electron chi connectivity index (χ2n) is 4.06. The molecule has 0 saturated carbocycles. The molecule has 19 heavy (non-hydrogen) atoms. The summed E-state index contributed by atoms with van der Waals surface area (Å²) >= 11 is 0. The van der Waals surface area contributed by atoms with Crippen molar-refractivity contribution < 1.29 is 4.39 Å². The van der Waals surface area contributed by atoms with E-state index < -0.39 is 0 Å². The largest absolute Gasteiger partial charge is 0.326 e. The molecule has 3 N–H and O–H groups in total. The van der Waals surface area contributed by atoms with Crippen molar-refractivity contribution in [3.8, 4) is 0 Å². The number of halogens is 1. The zero-order chi connectivity index (χ0) is 13.8. The van der Waals surface area contributed by atoms with Gasteiger partial charge in [0.15, 0.2) is 0 Å². The summed E-state index contributed by atoms with van der Waals surface area (Å²) in [7, 11) is 0. The Morgan fingerprint density at radius 2 is 1.95 bits per heavy atom. The second-order valence-corrected chi connectivity index (χ2v) is 4.06. The fourth-order valence-electron chi connectivity index (χ4n) is 1.85. The molecule has 0 bridgehead atoms. The minimum atomic E-state index is -0.261. The topological polar surface area (TPSA) is 67.1 Å². The van der Waals surface area contributed by atoms with Gasteiger partial charge in [-0.05, 0) is 38.1 Å². The number of hydrogen-bond donors (Lipinski definition) is 2. The van der Waals surface area contributed by atoms with Crippen LogP contribution in [0.4, 0.5) is 21.8 Å². The molecular weight excluding hydrogens is 245 g/mol. The van der Waals surface area contributed by atoms with E-state index in [1.165, 1.54) is 12.1 Å². The van der Waals surface area contributed by atoms with Gasteiger partial charge in [0.2, 0.25) is 5.95 Å². The lowest BCUT2D eigenvalue weighted by molar-refractivity contribution is 0.627. The van der Waals surface area contributed by atoms with E-state index >= 15 is 0 Å². The Hall–Kier alpha value is -2.21. The van der Waals surface area contributed by atoms with Crippen LogP contribution in [-0.2, 0) is 0 Å². The maximum atomic E-state index is 13.0. The summed E-state index contributed by atoms with van der Waals surface area (Å²) in [6, 6.07) is 8.13. The van der Waals surface area contributed by atoms with Gasteiger partial charge < -0.3 is 4.90 Å². The van der Waals surface area contributed by atoms with Gasteiger partial charge in [0, 0.05) is 24.0 Å². The highest BCUT2D eigenvalue weighted by Gasteiger charge is 2.11. The maximum absolute atomic E-state index is 13.0. The standard InChI is InChI=1S/C13H16FN5/c1-3-19(11-6-4-10(14)5-7-11)12-8-9(2)16-13(17-12)18-15/h4-8H,3,15H2,1-2H3,(H,16,17,18). The summed E-state index contributed by atoms with van der Waals surface area (Å²) in [5.74, 6) is 6.16. The smallest absolute Gasteiger partial charge is 0.239 e. The number of nitrogens with one attached hydrogen (secondary N) is 1. The predicted octanol–water partition coefficient (Wildman–Crippen LogP) is 2.37. The Balaban J connectivity index is 2.41. The van der Waals surface area contributed by atoms with Crippen molar-refractivity contribution in [1.82, 2.24) is 9.97 Å². The molecule has 0 aliphatic carbocycles. The lowest BCUT2D eigenvalue weighted by Gasteiger charge is -2.22. The predicted molar refractivity (Wildman–Crippen MR) is 73.7 cm³/mol. The fraction of sp³-hybridized carbons (Fsp3) is 0.231. The number of nitrogen functional groups attached to an aromatic ring is 1. The summed E-state index contributed by atoms with van der Waals surface area (Å²) in [6.07, 6.45) is 0. The van der Waals surface area contributed by atoms with E-state index in [4.69, 9.17) is 5.84 Å². The van der Waals surface area contributed by atoms with Gasteiger partial charge in [-0.2, -0.15) is 4.98 Å². The Labute approximate surface area is 111 Å². The Morgan fingerprint density at radius 1 is 1.26 bits per heavy atom. The van der Waals surface area contributed by atoms with Crippen LogP contribution in [0.2, 0.25) is 0 Å². The molecular formula is C13H16FN5. The van der Waals surface area contributed by atoms with E-state index in [1.54, 1.807) is 12.1 Å². The Bertz CT molecular complexity index is 555. The lowest BCUT2D eigenvalue weighted by atomic mass is 10.2. The van der Waals surface area contributed by atoms with Gasteiger partial charge in [0.05, 0.1) is 0 Å². The van der Waals surface area contributed by atoms with Crippen molar-refractivity contribution >= 4 is 17.5 Å². The normalized spacial score (nSPS) is 10.3. The van der Waals surface area contributed by atoms with Crippen molar-refractivity contribution in [2.75, 3.05) is 16.9 Å². The molecule has 0 aliphatic rings. The molecule has 0 saturated heterocycles. The monoisotopic (exact) mass is 261 g/mol. The highest BCUT2D eigenvalue weighted by Crippen LogP contribution is 2.24. The third-order valence-corrected chi connectivity index (χ3v) is 2.70. The molecule has 0 radical (unpaired) electrons. The van der Waals surface area contributed by atoms with Gasteiger partial charge in [-0.1, -0.05) is 0 Å². The second kappa shape index (κ2) is 5.62. The van der Waals surface area contributed by atoms with Crippen molar-refractivity contribution in [3.63, 3.8) is 0 Å². The maximum Gasteiger partial charge on any atom is 0.239 e. The van der Waals surface area contributed by atoms with Crippen LogP contribution in [0.15, 0.2) is 30.3 Å². The summed E-state index contributed by atoms with van der Waals surface area (Å²) in [5.41, 5.74) is 4.11. The van der Waals surface area contributed by atoms with Gasteiger partial charge in [0.25, 0.3) is 0 Å². The molecule has 0 unspecified atom stereocenters. The van der Waals surface area contributed by atoms with Crippen LogP contribution in [0.25, 0.3) is 0 Å². The molecule has 2 aromatic rings. The van der Waals surface area contributed by atoms with Crippen molar-refractivity contribution in [1.29, 1.82) is 0 Å². The SMILES string of the molecule is CCN(c1ccc(F)cc1)c1cc(C)nc(NN)n1. The molecule has 6 heteroatoms. The summed E-state index contributed by atoms with van der Waals surface area (Å²) < 4.78 is 13.0. The third-order valence-electron chi connectivity index (χ3n) is 2.70. The number of benzene rings is 1. The summed E-state index contributed by atoms with van der Waals surface area (Å²) in [4.78, 5) is 10.4. The van der Waals surface area contributed by atoms with Gasteiger partial charge in [-0.25, -0.2) is 15.2 Å². The molecule has 1 aromatic heterocycles. The molecule has 0 aliphatic heterocycles. The van der Waals surface area contributed by atoms with Crippen molar-refractivity contribution in [3.05, 3.63) is 41.8 Å². The quantitative estimate of drug-likeness (QED) is 0.653. The number of aryl methyl sites for hydroxylation is 1. The van der Waals surface area contributed by atoms with Crippen LogP contribution in [0.5, 0.6) is 0 Å². The van der Waals surface area contributed by atoms with Crippen LogP contribution >= 0.6 is 0 Å². The number of anilines is 3. The molecule has 0 fully saturated rings. The van der Waals surface area contributed by atoms with Crippen LogP contribution in [0, 0.1) is 12.7 Å². The minimum Gasteiger partial charge on any atom is -0.326 e. The number of nitrogens with zero attached hydrogens (tertiary/aromatic N) is 3. The lowest BCUT2D eigenvalue weighted by Crippen LogP contribution is -2.19. The average molecular weight is 261 g/mol. The van der Waals surface area contributed by atoms with Crippen LogP contribution in [0.1, 0.15) is 12.6 Å². The first-order valence-corrected chi connectivity index (χ1v) is 5.99. The Kier molecular flexibility index (Phi) is 3.91. The van der Waals surface area contributed by atoms with E-state index in [9.17, 15) is 4.39 Å². The number of rotatable bonds is 4. The van der Waals surface area contributed by atoms with Crippen molar-refractivity contribution in [2.45, 2.75) is 13.8 Å². The molecule has 100 valence electrons. The zero-order valence-electron chi connectivity index (χ0n) is 10.9. The first-order chi connectivity index (χ1) is 9.13. The molecule has 0 atom stereocenters. The summed E-state index contributed by atoms with van der Waals surface area (Å²) in [5, 5.41) is 0. The molecule has 0 spiro atoms. The van der Waals surface area contributed by atoms with E-state index in [2.05, 4.69) is 15.4 Å². The number of hydrogen-bond acceptors (Lipinski definition) is 5. The van der Waals surface area contributed by atoms with Gasteiger partial charge in [-0.15, -0.1) is 0 Å². The van der Waals surface area contributed by atoms with Gasteiger partial charge >= 0.3 is 0 Å². The van der Waals surface area contributed by atoms with Crippen LogP contribution in [0.3, 0.4) is 0 Å². The molecule has 5 nitrogen and oxygen atoms in total. The highest BCUT2D eigenvalue weighted by atomic mass is 19.1. The van der Waals surface area contributed by atoms with Gasteiger partial charge in [0.1, 0.15) is 11.6 Å². The van der Waals surface area contributed by atoms with E-state index in [0.29, 0.717) is 12.5 Å². The van der Waals surface area contributed by atoms with Gasteiger partial charge in [-0.3, -0.25) is 5.43 Å². The van der Waals surface area contributed by atoms with Crippen LogP contribution in [-0.4, -0.2) is 16.5 Å². The van der Waals surface area contributed by atoms with E-state index in [-0.39, 0.29) is 5.82 Å². The summed E-state index contributed by atoms with van der Waals surface area (Å²) in [6.45, 7) is 4.56. The average Bonchev–Trinajstić information content (AvgIpc) is 2.41. The molecule has 2 rings (SSSR count). The Morgan fingerprint density at radius 3 is 2.53 bits per heavy atom. The number of nitrogens with two attached hydrogens (primary N) is 1. The minimum absolute atomic E-state index is 0.261. The molecule has 0 amide bonds. The number of aromatic nitrogens is 2. The zero-order valence-corrected chi connectivity index (χ0v) is 10.9. The van der Waals surface area contributed by atoms with Crippen LogP contribution < -0.4 is 16.2 Å². The molecule has 1 aromatic carbocycles. The van der Waals surface area contributed by atoms with E-state index in [1.807, 2.05) is 24.8 Å². The molecule has 1 heterocycles. The first-order valence-electron chi connectivity index (χ1n) is 5.99. The van der Waals surface area contributed by atoms with Crippen molar-refractivity contribution in [2.24, 2.45) is 5.84 Å².